The zero-order chi connectivity index (χ0) is 27.0. The molecule has 2 aromatic carbocycles. The second-order valence-electron chi connectivity index (χ2n) is 9.41. The lowest BCUT2D eigenvalue weighted by Crippen LogP contribution is -2.51. The Kier molecular flexibility index (Phi) is 10.8. The highest BCUT2D eigenvalue weighted by Crippen LogP contribution is 2.25. The summed E-state index contributed by atoms with van der Waals surface area (Å²) in [4.78, 5) is 28.5. The number of halogens is 2. The third-order valence-electron chi connectivity index (χ3n) is 6.76. The van der Waals surface area contributed by atoms with E-state index in [1.54, 1.807) is 53.4 Å². The molecule has 1 aliphatic rings. The molecule has 0 unspecified atom stereocenters. The standard InChI is InChI=1S/C27H35Cl2N3O4S/c1-3-25(27(34)30-22-10-7-8-11-22)32(19-20-15-16-21(28)18-24(20)29)26(33)14-9-17-31(2)37(35,36)23-12-5-4-6-13-23/h4-6,12-13,15-16,18,22,25H,3,7-11,14,17,19H2,1-2H3,(H,30,34)/t25-/m1/s1. The van der Waals surface area contributed by atoms with E-state index in [0.717, 1.165) is 25.7 Å². The van der Waals surface area contributed by atoms with E-state index in [9.17, 15) is 18.0 Å². The molecule has 0 radical (unpaired) electrons. The molecule has 7 nitrogen and oxygen atoms in total. The molecule has 1 atom stereocenters. The van der Waals surface area contributed by atoms with Crippen LogP contribution >= 0.6 is 23.2 Å². The van der Waals surface area contributed by atoms with E-state index in [1.165, 1.54) is 11.4 Å². The fourth-order valence-corrected chi connectivity index (χ4v) is 6.31. The Bertz CT molecular complexity index is 1170. The summed E-state index contributed by atoms with van der Waals surface area (Å²) in [7, 11) is -2.15. The van der Waals surface area contributed by atoms with Gasteiger partial charge in [-0.25, -0.2) is 12.7 Å². The van der Waals surface area contributed by atoms with Crippen LogP contribution in [0.2, 0.25) is 10.0 Å². The van der Waals surface area contributed by atoms with Crippen LogP contribution in [-0.4, -0.2) is 55.1 Å². The van der Waals surface area contributed by atoms with Gasteiger partial charge in [0.1, 0.15) is 6.04 Å². The van der Waals surface area contributed by atoms with E-state index >= 15 is 0 Å². The van der Waals surface area contributed by atoms with E-state index in [2.05, 4.69) is 5.32 Å². The number of hydrogen-bond acceptors (Lipinski definition) is 4. The van der Waals surface area contributed by atoms with Gasteiger partial charge in [-0.05, 0) is 55.5 Å². The number of rotatable bonds is 12. The van der Waals surface area contributed by atoms with E-state index in [0.29, 0.717) is 28.5 Å². The molecular formula is C27H35Cl2N3O4S. The van der Waals surface area contributed by atoms with E-state index in [4.69, 9.17) is 23.2 Å². The first-order valence-electron chi connectivity index (χ1n) is 12.7. The van der Waals surface area contributed by atoms with Crippen LogP contribution in [0.5, 0.6) is 0 Å². The van der Waals surface area contributed by atoms with Crippen molar-refractivity contribution in [1.82, 2.24) is 14.5 Å². The van der Waals surface area contributed by atoms with Gasteiger partial charge >= 0.3 is 0 Å². The minimum Gasteiger partial charge on any atom is -0.352 e. The highest BCUT2D eigenvalue weighted by molar-refractivity contribution is 7.89. The number of hydrogen-bond donors (Lipinski definition) is 1. The van der Waals surface area contributed by atoms with Crippen LogP contribution in [0.25, 0.3) is 0 Å². The Morgan fingerprint density at radius 1 is 1.08 bits per heavy atom. The van der Waals surface area contributed by atoms with Gasteiger partial charge in [0.15, 0.2) is 0 Å². The van der Waals surface area contributed by atoms with Gasteiger partial charge in [0.05, 0.1) is 4.90 Å². The highest BCUT2D eigenvalue weighted by atomic mass is 35.5. The molecule has 0 bridgehead atoms. The molecule has 1 aliphatic carbocycles. The number of nitrogens with zero attached hydrogens (tertiary/aromatic N) is 2. The van der Waals surface area contributed by atoms with Crippen LogP contribution in [0.3, 0.4) is 0 Å². The molecule has 0 aliphatic heterocycles. The first-order chi connectivity index (χ1) is 17.6. The number of benzene rings is 2. The minimum atomic E-state index is -3.65. The monoisotopic (exact) mass is 567 g/mol. The van der Waals surface area contributed by atoms with Gasteiger partial charge < -0.3 is 10.2 Å². The molecule has 1 saturated carbocycles. The van der Waals surface area contributed by atoms with Gasteiger partial charge in [0.25, 0.3) is 0 Å². The number of carbonyl (C=O) groups is 2. The van der Waals surface area contributed by atoms with Crippen molar-refractivity contribution in [2.75, 3.05) is 13.6 Å². The lowest BCUT2D eigenvalue weighted by molar-refractivity contribution is -0.141. The van der Waals surface area contributed by atoms with Crippen molar-refractivity contribution in [2.45, 2.75) is 75.4 Å². The van der Waals surface area contributed by atoms with E-state index < -0.39 is 16.1 Å². The maximum Gasteiger partial charge on any atom is 0.243 e. The molecule has 0 saturated heterocycles. The molecule has 202 valence electrons. The van der Waals surface area contributed by atoms with E-state index in [1.807, 2.05) is 6.92 Å². The first kappa shape index (κ1) is 29.4. The average molecular weight is 569 g/mol. The van der Waals surface area contributed by atoms with Crippen LogP contribution in [0.15, 0.2) is 53.4 Å². The maximum atomic E-state index is 13.5. The van der Waals surface area contributed by atoms with Gasteiger partial charge in [0, 0.05) is 42.6 Å². The number of sulfonamides is 1. The Hall–Kier alpha value is -2.13. The van der Waals surface area contributed by atoms with Crippen molar-refractivity contribution in [2.24, 2.45) is 0 Å². The summed E-state index contributed by atoms with van der Waals surface area (Å²) in [6.07, 6.45) is 4.91. The predicted molar refractivity (Wildman–Crippen MR) is 147 cm³/mol. The second kappa shape index (κ2) is 13.6. The summed E-state index contributed by atoms with van der Waals surface area (Å²) in [6, 6.07) is 12.7. The third kappa shape index (κ3) is 7.93. The largest absolute Gasteiger partial charge is 0.352 e. The smallest absolute Gasteiger partial charge is 0.243 e. The number of amides is 2. The van der Waals surface area contributed by atoms with Crippen LogP contribution in [0, 0.1) is 0 Å². The summed E-state index contributed by atoms with van der Waals surface area (Å²) in [5.41, 5.74) is 0.690. The Morgan fingerprint density at radius 3 is 2.38 bits per heavy atom. The number of nitrogens with one attached hydrogen (secondary N) is 1. The van der Waals surface area contributed by atoms with Crippen molar-refractivity contribution in [1.29, 1.82) is 0 Å². The highest BCUT2D eigenvalue weighted by Gasteiger charge is 2.31. The zero-order valence-electron chi connectivity index (χ0n) is 21.3. The average Bonchev–Trinajstić information content (AvgIpc) is 3.38. The minimum absolute atomic E-state index is 0.0903. The molecule has 0 heterocycles. The molecule has 10 heteroatoms. The predicted octanol–water partition coefficient (Wildman–Crippen LogP) is 5.26. The van der Waals surface area contributed by atoms with Crippen LogP contribution in [0.4, 0.5) is 0 Å². The summed E-state index contributed by atoms with van der Waals surface area (Å²) in [6.45, 7) is 2.20. The third-order valence-corrected chi connectivity index (χ3v) is 9.22. The molecule has 3 rings (SSSR count). The van der Waals surface area contributed by atoms with Crippen molar-refractivity contribution in [3.63, 3.8) is 0 Å². The molecule has 1 fully saturated rings. The van der Waals surface area contributed by atoms with Gasteiger partial charge in [0.2, 0.25) is 21.8 Å². The fourth-order valence-electron chi connectivity index (χ4n) is 4.61. The molecule has 2 amide bonds. The first-order valence-corrected chi connectivity index (χ1v) is 14.9. The molecule has 0 spiro atoms. The van der Waals surface area contributed by atoms with Crippen molar-refractivity contribution in [3.05, 3.63) is 64.1 Å². The van der Waals surface area contributed by atoms with Crippen molar-refractivity contribution >= 4 is 45.0 Å². The van der Waals surface area contributed by atoms with Crippen molar-refractivity contribution < 1.29 is 18.0 Å². The second-order valence-corrected chi connectivity index (χ2v) is 12.3. The summed E-state index contributed by atoms with van der Waals surface area (Å²) in [5, 5.41) is 4.02. The van der Waals surface area contributed by atoms with Gasteiger partial charge in [-0.2, -0.15) is 0 Å². The summed E-state index contributed by atoms with van der Waals surface area (Å²) >= 11 is 12.4. The maximum absolute atomic E-state index is 13.5. The van der Waals surface area contributed by atoms with Crippen LogP contribution in [0.1, 0.15) is 57.4 Å². The van der Waals surface area contributed by atoms with Crippen LogP contribution < -0.4 is 5.32 Å². The zero-order valence-corrected chi connectivity index (χ0v) is 23.7. The SMILES string of the molecule is CC[C@H](C(=O)NC1CCCC1)N(Cc1ccc(Cl)cc1Cl)C(=O)CCCN(C)S(=O)(=O)c1ccccc1. The van der Waals surface area contributed by atoms with Gasteiger partial charge in [-0.1, -0.05) is 67.2 Å². The fraction of sp³-hybridized carbons (Fsp3) is 0.481. The molecule has 37 heavy (non-hydrogen) atoms. The van der Waals surface area contributed by atoms with Crippen molar-refractivity contribution in [3.8, 4) is 0 Å². The summed E-state index contributed by atoms with van der Waals surface area (Å²) < 4.78 is 26.9. The quantitative estimate of drug-likeness (QED) is 0.379. The van der Waals surface area contributed by atoms with Crippen LogP contribution in [-0.2, 0) is 26.2 Å². The molecule has 2 aromatic rings. The Balaban J connectivity index is 1.72. The molecule has 1 N–H and O–H groups in total. The molecule has 0 aromatic heterocycles. The summed E-state index contributed by atoms with van der Waals surface area (Å²) in [5.74, 6) is -0.401. The lowest BCUT2D eigenvalue weighted by atomic mass is 10.1. The van der Waals surface area contributed by atoms with E-state index in [-0.39, 0.29) is 42.3 Å². The van der Waals surface area contributed by atoms with Gasteiger partial charge in [-0.3, -0.25) is 9.59 Å². The Morgan fingerprint density at radius 2 is 1.76 bits per heavy atom. The number of carbonyl (C=O) groups excluding carboxylic acids is 2. The Labute approximate surface area is 230 Å². The molecular weight excluding hydrogens is 533 g/mol. The topological polar surface area (TPSA) is 86.8 Å². The normalized spacial score (nSPS) is 15.1. The lowest BCUT2D eigenvalue weighted by Gasteiger charge is -2.32. The van der Waals surface area contributed by atoms with Gasteiger partial charge in [-0.15, -0.1) is 0 Å².